The van der Waals surface area contributed by atoms with Crippen molar-refractivity contribution in [2.75, 3.05) is 18.2 Å². The lowest BCUT2D eigenvalue weighted by molar-refractivity contribution is -0.116. The van der Waals surface area contributed by atoms with E-state index in [2.05, 4.69) is 10.3 Å². The van der Waals surface area contributed by atoms with Gasteiger partial charge in [-0.1, -0.05) is 41.7 Å². The number of anilines is 2. The van der Waals surface area contributed by atoms with Crippen molar-refractivity contribution in [3.05, 3.63) is 64.3 Å². The van der Waals surface area contributed by atoms with Gasteiger partial charge >= 0.3 is 0 Å². The first-order valence-corrected chi connectivity index (χ1v) is 9.47. The number of carbonyl (C=O) groups excluding carboxylic acids is 1. The molecule has 1 unspecified atom stereocenters. The number of methoxy groups -OCH3 is 1. The molecule has 0 fully saturated rings. The first-order valence-electron chi connectivity index (χ1n) is 8.66. The Morgan fingerprint density at radius 2 is 2.11 bits per heavy atom. The molecule has 1 amide bonds. The van der Waals surface area contributed by atoms with Crippen LogP contribution in [0.1, 0.15) is 28.3 Å². The molecule has 2 heterocycles. The number of nitrogens with one attached hydrogen (secondary N) is 1. The molecule has 0 saturated heterocycles. The van der Waals surface area contributed by atoms with E-state index < -0.39 is 0 Å². The van der Waals surface area contributed by atoms with Gasteiger partial charge < -0.3 is 20.5 Å². The molecule has 1 atom stereocenters. The predicted molar refractivity (Wildman–Crippen MR) is 105 cm³/mol. The molecule has 0 saturated carbocycles. The summed E-state index contributed by atoms with van der Waals surface area (Å²) in [7, 11) is 1.54. The lowest BCUT2D eigenvalue weighted by Gasteiger charge is -2.24. The summed E-state index contributed by atoms with van der Waals surface area (Å²) in [4.78, 5) is 17.3. The number of nitrogen functional groups attached to an aromatic ring is 1. The average Bonchev–Trinajstić information content (AvgIpc) is 3.06. The number of amides is 1. The first kappa shape index (κ1) is 18.2. The van der Waals surface area contributed by atoms with Gasteiger partial charge in [0.25, 0.3) is 0 Å². The van der Waals surface area contributed by atoms with Crippen LogP contribution >= 0.6 is 11.3 Å². The van der Waals surface area contributed by atoms with Gasteiger partial charge in [-0.15, -0.1) is 0 Å². The van der Waals surface area contributed by atoms with Gasteiger partial charge in [0.1, 0.15) is 18.2 Å². The van der Waals surface area contributed by atoms with Crippen molar-refractivity contribution in [2.45, 2.75) is 18.9 Å². The average molecular weight is 399 g/mol. The number of nitrogens with zero attached hydrogens (tertiary/aromatic N) is 1. The molecule has 3 N–H and O–H groups in total. The van der Waals surface area contributed by atoms with Gasteiger partial charge in [0.15, 0.2) is 16.6 Å². The molecular weight excluding hydrogens is 381 g/mol. The van der Waals surface area contributed by atoms with Gasteiger partial charge in [0.05, 0.1) is 12.0 Å². The summed E-state index contributed by atoms with van der Waals surface area (Å²) >= 11 is 1.33. The van der Waals surface area contributed by atoms with Crippen molar-refractivity contribution in [1.29, 1.82) is 0 Å². The fourth-order valence-corrected chi connectivity index (χ4v) is 4.18. The molecule has 0 aliphatic carbocycles. The van der Waals surface area contributed by atoms with Crippen LogP contribution in [0.5, 0.6) is 11.5 Å². The van der Waals surface area contributed by atoms with E-state index in [9.17, 15) is 9.18 Å². The van der Waals surface area contributed by atoms with Crippen molar-refractivity contribution >= 4 is 28.2 Å². The van der Waals surface area contributed by atoms with E-state index in [-0.39, 0.29) is 30.7 Å². The number of hydrogen-bond donors (Lipinski definition) is 2. The van der Waals surface area contributed by atoms with Crippen molar-refractivity contribution in [3.8, 4) is 11.5 Å². The maximum absolute atomic E-state index is 14.0. The third kappa shape index (κ3) is 3.38. The van der Waals surface area contributed by atoms with Crippen molar-refractivity contribution in [3.63, 3.8) is 0 Å². The maximum Gasteiger partial charge on any atom is 0.226 e. The zero-order chi connectivity index (χ0) is 19.7. The van der Waals surface area contributed by atoms with Crippen LogP contribution in [0, 0.1) is 5.82 Å². The summed E-state index contributed by atoms with van der Waals surface area (Å²) < 4.78 is 25.4. The zero-order valence-corrected chi connectivity index (χ0v) is 15.9. The van der Waals surface area contributed by atoms with E-state index in [1.807, 2.05) is 12.1 Å². The molecular formula is C20H18FN3O3S. The summed E-state index contributed by atoms with van der Waals surface area (Å²) in [6.45, 7) is 0.0383. The molecule has 28 heavy (non-hydrogen) atoms. The van der Waals surface area contributed by atoms with Crippen LogP contribution in [0.25, 0.3) is 0 Å². The monoisotopic (exact) mass is 399 g/mol. The number of ether oxygens (including phenoxy) is 2. The highest BCUT2D eigenvalue weighted by Crippen LogP contribution is 2.46. The highest BCUT2D eigenvalue weighted by molar-refractivity contribution is 7.16. The molecule has 3 aromatic rings. The van der Waals surface area contributed by atoms with Crippen LogP contribution in [0.2, 0.25) is 0 Å². The summed E-state index contributed by atoms with van der Waals surface area (Å²) in [5, 5.41) is 3.14. The predicted octanol–water partition coefficient (Wildman–Crippen LogP) is 3.93. The number of benzene rings is 2. The minimum atomic E-state index is -0.339. The van der Waals surface area contributed by atoms with Gasteiger partial charge in [0.2, 0.25) is 5.91 Å². The molecule has 144 valence electrons. The number of thiazole rings is 1. The highest BCUT2D eigenvalue weighted by Gasteiger charge is 2.32. The minimum absolute atomic E-state index is 0.0383. The molecule has 0 spiro atoms. The number of halogens is 1. The third-order valence-corrected chi connectivity index (χ3v) is 5.57. The SMILES string of the molecule is COc1cccc(C2CC(=O)Nc3nc(N)sc32)c1OCc1ccccc1F. The van der Waals surface area contributed by atoms with Crippen molar-refractivity contribution in [2.24, 2.45) is 0 Å². The van der Waals surface area contributed by atoms with Crippen LogP contribution < -0.4 is 20.5 Å². The van der Waals surface area contributed by atoms with Crippen LogP contribution in [0.3, 0.4) is 0 Å². The molecule has 1 aliphatic heterocycles. The van der Waals surface area contributed by atoms with E-state index in [1.54, 1.807) is 31.4 Å². The topological polar surface area (TPSA) is 86.5 Å². The number of nitrogens with two attached hydrogens (primary N) is 1. The Morgan fingerprint density at radius 1 is 1.29 bits per heavy atom. The number of aromatic nitrogens is 1. The number of hydrogen-bond acceptors (Lipinski definition) is 6. The molecule has 2 aromatic carbocycles. The number of carbonyl (C=O) groups is 1. The quantitative estimate of drug-likeness (QED) is 0.679. The Kier molecular flexibility index (Phi) is 4.87. The Balaban J connectivity index is 1.74. The number of fused-ring (bicyclic) bond motifs is 1. The minimum Gasteiger partial charge on any atom is -0.493 e. The van der Waals surface area contributed by atoms with E-state index in [0.717, 1.165) is 10.4 Å². The van der Waals surface area contributed by atoms with Crippen LogP contribution in [0.15, 0.2) is 42.5 Å². The number of rotatable bonds is 5. The lowest BCUT2D eigenvalue weighted by atomic mass is 9.90. The molecule has 1 aromatic heterocycles. The second-order valence-corrected chi connectivity index (χ2v) is 7.39. The Morgan fingerprint density at radius 3 is 2.89 bits per heavy atom. The van der Waals surface area contributed by atoms with Gasteiger partial charge in [-0.3, -0.25) is 4.79 Å². The second kappa shape index (κ2) is 7.47. The summed E-state index contributed by atoms with van der Waals surface area (Å²) in [6.07, 6.45) is 0.234. The summed E-state index contributed by atoms with van der Waals surface area (Å²) in [5.74, 6) is 0.708. The maximum atomic E-state index is 14.0. The Bertz CT molecular complexity index is 1040. The van der Waals surface area contributed by atoms with E-state index in [1.165, 1.54) is 17.4 Å². The fraction of sp³-hybridized carbons (Fsp3) is 0.200. The van der Waals surface area contributed by atoms with Crippen LogP contribution in [0.4, 0.5) is 15.3 Å². The highest BCUT2D eigenvalue weighted by atomic mass is 32.1. The van der Waals surface area contributed by atoms with Gasteiger partial charge in [0, 0.05) is 23.5 Å². The molecule has 0 radical (unpaired) electrons. The normalized spacial score (nSPS) is 15.6. The van der Waals surface area contributed by atoms with Crippen LogP contribution in [-0.4, -0.2) is 18.0 Å². The lowest BCUT2D eigenvalue weighted by Crippen LogP contribution is -2.23. The van der Waals surface area contributed by atoms with E-state index in [4.69, 9.17) is 15.2 Å². The largest absolute Gasteiger partial charge is 0.493 e. The van der Waals surface area contributed by atoms with E-state index >= 15 is 0 Å². The molecule has 8 heteroatoms. The number of para-hydroxylation sites is 1. The summed E-state index contributed by atoms with van der Waals surface area (Å²) in [6, 6.07) is 11.9. The summed E-state index contributed by atoms with van der Waals surface area (Å²) in [5.41, 5.74) is 7.06. The standard InChI is InChI=1S/C20H18FN3O3S/c1-26-15-8-4-6-12(17(15)27-10-11-5-2-3-7-14(11)21)13-9-16(25)23-19-18(13)28-20(22)24-19/h2-8,13H,9-10H2,1H3,(H2,22,24)(H,23,25). The van der Waals surface area contributed by atoms with Crippen molar-refractivity contribution in [1.82, 2.24) is 4.98 Å². The van der Waals surface area contributed by atoms with E-state index in [0.29, 0.717) is 28.0 Å². The Hall–Kier alpha value is -3.13. The van der Waals surface area contributed by atoms with Gasteiger partial charge in [-0.2, -0.15) is 0 Å². The fourth-order valence-electron chi connectivity index (χ4n) is 3.27. The smallest absolute Gasteiger partial charge is 0.226 e. The van der Waals surface area contributed by atoms with Gasteiger partial charge in [-0.05, 0) is 12.1 Å². The van der Waals surface area contributed by atoms with Gasteiger partial charge in [-0.25, -0.2) is 9.37 Å². The first-order chi connectivity index (χ1) is 13.6. The molecule has 6 nitrogen and oxygen atoms in total. The van der Waals surface area contributed by atoms with Crippen molar-refractivity contribution < 1.29 is 18.7 Å². The third-order valence-electron chi connectivity index (χ3n) is 4.57. The van der Waals surface area contributed by atoms with Crippen LogP contribution in [-0.2, 0) is 11.4 Å². The molecule has 1 aliphatic rings. The molecule has 4 rings (SSSR count). The Labute approximate surface area is 165 Å². The zero-order valence-electron chi connectivity index (χ0n) is 15.1. The second-order valence-electron chi connectivity index (χ2n) is 6.33. The molecule has 0 bridgehead atoms.